The zero-order valence-corrected chi connectivity index (χ0v) is 10.4. The van der Waals surface area contributed by atoms with Gasteiger partial charge in [0.05, 0.1) is 0 Å². The third kappa shape index (κ3) is 1.39. The minimum absolute atomic E-state index is 0.969. The maximum absolute atomic E-state index is 5.80. The van der Waals surface area contributed by atoms with E-state index in [4.69, 9.17) is 4.42 Å². The van der Waals surface area contributed by atoms with Gasteiger partial charge in [-0.15, -0.1) is 11.3 Å². The predicted molar refractivity (Wildman–Crippen MR) is 77.0 cm³/mol. The van der Waals surface area contributed by atoms with Crippen LogP contribution in [-0.2, 0) is 0 Å². The molecule has 0 fully saturated rings. The van der Waals surface area contributed by atoms with Crippen LogP contribution in [-0.4, -0.2) is 0 Å². The minimum atomic E-state index is 0.969. The fourth-order valence-corrected chi connectivity index (χ4v) is 3.08. The zero-order chi connectivity index (χ0) is 11.9. The molecule has 18 heavy (non-hydrogen) atoms. The Morgan fingerprint density at radius 1 is 0.778 bits per heavy atom. The van der Waals surface area contributed by atoms with Gasteiger partial charge in [0.1, 0.15) is 5.58 Å². The van der Waals surface area contributed by atoms with Crippen molar-refractivity contribution in [1.29, 1.82) is 0 Å². The number of thiophene rings is 1. The van der Waals surface area contributed by atoms with E-state index in [0.29, 0.717) is 0 Å². The molecule has 2 aromatic carbocycles. The number of hydrogen-bond donors (Lipinski definition) is 0. The third-order valence-electron chi connectivity index (χ3n) is 3.21. The van der Waals surface area contributed by atoms with E-state index in [2.05, 4.69) is 53.9 Å². The Hall–Kier alpha value is -2.06. The van der Waals surface area contributed by atoms with Crippen LogP contribution in [0.4, 0.5) is 0 Å². The highest BCUT2D eigenvalue weighted by atomic mass is 32.1. The Labute approximate surface area is 108 Å². The lowest BCUT2D eigenvalue weighted by atomic mass is 10.0. The number of hydrogen-bond acceptors (Lipinski definition) is 2. The highest BCUT2D eigenvalue weighted by molar-refractivity contribution is 7.16. The van der Waals surface area contributed by atoms with Crippen molar-refractivity contribution in [2.24, 2.45) is 0 Å². The Morgan fingerprint density at radius 3 is 2.56 bits per heavy atom. The van der Waals surface area contributed by atoms with Gasteiger partial charge in [-0.05, 0) is 34.7 Å². The maximum Gasteiger partial charge on any atom is 0.188 e. The van der Waals surface area contributed by atoms with Crippen LogP contribution in [0.3, 0.4) is 0 Å². The lowest BCUT2D eigenvalue weighted by Gasteiger charge is -2.00. The molecule has 0 aliphatic carbocycles. The Balaban J connectivity index is 2.02. The van der Waals surface area contributed by atoms with E-state index in [0.717, 1.165) is 10.5 Å². The molecular formula is C16H10OS. The van der Waals surface area contributed by atoms with Crippen molar-refractivity contribution in [3.8, 4) is 11.1 Å². The Morgan fingerprint density at radius 2 is 1.67 bits per heavy atom. The summed E-state index contributed by atoms with van der Waals surface area (Å²) < 4.78 is 5.80. The number of rotatable bonds is 1. The molecule has 0 N–H and O–H groups in total. The van der Waals surface area contributed by atoms with Crippen LogP contribution < -0.4 is 0 Å². The first-order valence-electron chi connectivity index (χ1n) is 5.87. The summed E-state index contributed by atoms with van der Waals surface area (Å²) in [4.78, 5) is 1.01. The first kappa shape index (κ1) is 9.92. The molecule has 0 amide bonds. The summed E-state index contributed by atoms with van der Waals surface area (Å²) in [5.74, 6) is 0. The van der Waals surface area contributed by atoms with Crippen molar-refractivity contribution >= 4 is 32.6 Å². The van der Waals surface area contributed by atoms with Gasteiger partial charge in [-0.2, -0.15) is 0 Å². The van der Waals surface area contributed by atoms with Crippen molar-refractivity contribution in [3.63, 3.8) is 0 Å². The average Bonchev–Trinajstić information content (AvgIpc) is 2.99. The lowest BCUT2D eigenvalue weighted by molar-refractivity contribution is 0.678. The van der Waals surface area contributed by atoms with Gasteiger partial charge >= 0.3 is 0 Å². The van der Waals surface area contributed by atoms with E-state index in [9.17, 15) is 0 Å². The SMILES string of the molecule is c1ccc(-c2ccc3oc4sccc4c3c2)cc1. The average molecular weight is 250 g/mol. The van der Waals surface area contributed by atoms with Crippen LogP contribution >= 0.6 is 11.3 Å². The second-order valence-corrected chi connectivity index (χ2v) is 5.18. The standard InChI is InChI=1S/C16H10OS/c1-2-4-11(5-3-1)12-6-7-15-14(10-12)13-8-9-18-16(13)17-15/h1-10H. The maximum atomic E-state index is 5.80. The second kappa shape index (κ2) is 3.72. The molecule has 4 aromatic rings. The van der Waals surface area contributed by atoms with Gasteiger partial charge in [0.2, 0.25) is 0 Å². The summed E-state index contributed by atoms with van der Waals surface area (Å²) in [6.07, 6.45) is 0. The van der Waals surface area contributed by atoms with E-state index in [1.165, 1.54) is 21.9 Å². The van der Waals surface area contributed by atoms with E-state index < -0.39 is 0 Å². The Kier molecular flexibility index (Phi) is 2.05. The smallest absolute Gasteiger partial charge is 0.188 e. The monoisotopic (exact) mass is 250 g/mol. The van der Waals surface area contributed by atoms with Gasteiger partial charge in [-0.1, -0.05) is 36.4 Å². The van der Waals surface area contributed by atoms with E-state index in [1.807, 2.05) is 6.07 Å². The summed E-state index contributed by atoms with van der Waals surface area (Å²) in [5, 5.41) is 4.49. The second-order valence-electron chi connectivity index (χ2n) is 4.30. The zero-order valence-electron chi connectivity index (χ0n) is 9.59. The summed E-state index contributed by atoms with van der Waals surface area (Å²) >= 11 is 1.65. The van der Waals surface area contributed by atoms with Crippen LogP contribution in [0.2, 0.25) is 0 Å². The molecule has 2 heteroatoms. The van der Waals surface area contributed by atoms with Crippen LogP contribution in [0.5, 0.6) is 0 Å². The van der Waals surface area contributed by atoms with Gasteiger partial charge in [-0.3, -0.25) is 0 Å². The highest BCUT2D eigenvalue weighted by Gasteiger charge is 2.08. The molecule has 0 saturated heterocycles. The molecule has 86 valence electrons. The van der Waals surface area contributed by atoms with Crippen LogP contribution in [0.25, 0.3) is 32.4 Å². The molecule has 2 heterocycles. The third-order valence-corrected chi connectivity index (χ3v) is 4.00. The summed E-state index contributed by atoms with van der Waals surface area (Å²) in [5.41, 5.74) is 3.44. The Bertz CT molecular complexity index is 824. The molecule has 0 aliphatic rings. The molecule has 2 aromatic heterocycles. The molecule has 0 bridgehead atoms. The minimum Gasteiger partial charge on any atom is -0.445 e. The van der Waals surface area contributed by atoms with E-state index in [1.54, 1.807) is 11.3 Å². The van der Waals surface area contributed by atoms with Gasteiger partial charge in [0.15, 0.2) is 4.90 Å². The molecule has 0 aliphatic heterocycles. The summed E-state index contributed by atoms with van der Waals surface area (Å²) in [6.45, 7) is 0. The summed E-state index contributed by atoms with van der Waals surface area (Å²) in [6, 6.07) is 18.9. The molecule has 4 rings (SSSR count). The quantitative estimate of drug-likeness (QED) is 0.446. The van der Waals surface area contributed by atoms with Gasteiger partial charge in [-0.25, -0.2) is 0 Å². The van der Waals surface area contributed by atoms with Gasteiger partial charge in [0, 0.05) is 10.8 Å². The lowest BCUT2D eigenvalue weighted by Crippen LogP contribution is -1.76. The first-order chi connectivity index (χ1) is 8.92. The predicted octanol–water partition coefficient (Wildman–Crippen LogP) is 5.31. The molecule has 0 radical (unpaired) electrons. The fraction of sp³-hybridized carbons (Fsp3) is 0. The number of benzene rings is 2. The van der Waals surface area contributed by atoms with Crippen molar-refractivity contribution in [2.75, 3.05) is 0 Å². The molecule has 0 atom stereocenters. The topological polar surface area (TPSA) is 13.1 Å². The molecule has 0 saturated carbocycles. The number of furan rings is 1. The molecule has 0 unspecified atom stereocenters. The van der Waals surface area contributed by atoms with Crippen molar-refractivity contribution in [2.45, 2.75) is 0 Å². The van der Waals surface area contributed by atoms with Crippen LogP contribution in [0.1, 0.15) is 0 Å². The molecule has 1 nitrogen and oxygen atoms in total. The van der Waals surface area contributed by atoms with Crippen LogP contribution in [0.15, 0.2) is 64.4 Å². The van der Waals surface area contributed by atoms with Crippen molar-refractivity contribution < 1.29 is 4.42 Å². The number of fused-ring (bicyclic) bond motifs is 3. The van der Waals surface area contributed by atoms with E-state index in [-0.39, 0.29) is 0 Å². The molecular weight excluding hydrogens is 240 g/mol. The summed E-state index contributed by atoms with van der Waals surface area (Å²) in [7, 11) is 0. The molecule has 0 spiro atoms. The normalized spacial score (nSPS) is 11.3. The fourth-order valence-electron chi connectivity index (χ4n) is 2.31. The van der Waals surface area contributed by atoms with Gasteiger partial charge < -0.3 is 4.42 Å². The van der Waals surface area contributed by atoms with Gasteiger partial charge in [0.25, 0.3) is 0 Å². The first-order valence-corrected chi connectivity index (χ1v) is 6.75. The van der Waals surface area contributed by atoms with E-state index >= 15 is 0 Å². The largest absolute Gasteiger partial charge is 0.445 e. The highest BCUT2D eigenvalue weighted by Crippen LogP contribution is 2.34. The van der Waals surface area contributed by atoms with Crippen LogP contribution in [0, 0.1) is 0 Å². The van der Waals surface area contributed by atoms with Crippen molar-refractivity contribution in [1.82, 2.24) is 0 Å². The van der Waals surface area contributed by atoms with Crippen molar-refractivity contribution in [3.05, 3.63) is 60.0 Å².